The van der Waals surface area contributed by atoms with E-state index >= 15 is 0 Å². The molecule has 1 aromatic heterocycles. The molecule has 0 amide bonds. The van der Waals surface area contributed by atoms with Crippen molar-refractivity contribution in [1.29, 1.82) is 0 Å². The lowest BCUT2D eigenvalue weighted by atomic mass is 10.3. The van der Waals surface area contributed by atoms with Crippen molar-refractivity contribution in [2.45, 2.75) is 0 Å². The van der Waals surface area contributed by atoms with Crippen LogP contribution in [0.15, 0.2) is 24.5 Å². The summed E-state index contributed by atoms with van der Waals surface area (Å²) < 4.78 is 0. The molecule has 0 aliphatic heterocycles. The number of aromatic nitrogens is 1. The zero-order chi connectivity index (χ0) is 6.53. The number of nitrogens with one attached hydrogen (secondary N) is 1. The molecule has 0 aliphatic carbocycles. The molecule has 2 heteroatoms. The van der Waals surface area contributed by atoms with Crippen LogP contribution in [0.5, 0.6) is 0 Å². The van der Waals surface area contributed by atoms with Crippen LogP contribution in [0.1, 0.15) is 5.56 Å². The molecule has 1 aromatic rings. The molecule has 1 rings (SSSR count). The number of H-pyrrole nitrogens is 1. The van der Waals surface area contributed by atoms with Crippen LogP contribution in [0.3, 0.4) is 0 Å². The summed E-state index contributed by atoms with van der Waals surface area (Å²) in [4.78, 5) is 2.95. The fraction of sp³-hybridized carbons (Fsp3) is 0.143. The highest BCUT2D eigenvalue weighted by molar-refractivity contribution is 5.47. The Labute approximate surface area is 54.4 Å². The van der Waals surface area contributed by atoms with Crippen molar-refractivity contribution in [2.24, 2.45) is 5.73 Å². The van der Waals surface area contributed by atoms with Gasteiger partial charge in [0.15, 0.2) is 0 Å². The van der Waals surface area contributed by atoms with E-state index in [4.69, 9.17) is 5.73 Å². The number of rotatable bonds is 2. The molecule has 1 heterocycles. The van der Waals surface area contributed by atoms with Crippen LogP contribution in [-0.4, -0.2) is 11.5 Å². The zero-order valence-corrected chi connectivity index (χ0v) is 5.17. The van der Waals surface area contributed by atoms with Gasteiger partial charge in [0, 0.05) is 18.9 Å². The summed E-state index contributed by atoms with van der Waals surface area (Å²) in [5.41, 5.74) is 6.42. The van der Waals surface area contributed by atoms with Crippen LogP contribution in [0.2, 0.25) is 0 Å². The van der Waals surface area contributed by atoms with E-state index in [2.05, 4.69) is 4.98 Å². The molecule has 0 bridgehead atoms. The normalized spacial score (nSPS) is 10.8. The number of hydrogen-bond acceptors (Lipinski definition) is 1. The Bertz CT molecular complexity index is 175. The molecule has 9 heavy (non-hydrogen) atoms. The molecule has 2 nitrogen and oxygen atoms in total. The van der Waals surface area contributed by atoms with Crippen molar-refractivity contribution >= 4 is 6.08 Å². The summed E-state index contributed by atoms with van der Waals surface area (Å²) in [5, 5.41) is 0. The molecule has 48 valence electrons. The van der Waals surface area contributed by atoms with Crippen molar-refractivity contribution in [3.63, 3.8) is 0 Å². The highest BCUT2D eigenvalue weighted by atomic mass is 14.6. The molecule has 0 saturated carbocycles. The maximum Gasteiger partial charge on any atom is 0.0110 e. The van der Waals surface area contributed by atoms with E-state index in [0.29, 0.717) is 6.54 Å². The Hall–Kier alpha value is -1.02. The second-order valence-corrected chi connectivity index (χ2v) is 1.78. The van der Waals surface area contributed by atoms with Gasteiger partial charge >= 0.3 is 0 Å². The molecule has 0 atom stereocenters. The van der Waals surface area contributed by atoms with Crippen LogP contribution in [0, 0.1) is 0 Å². The van der Waals surface area contributed by atoms with E-state index in [-0.39, 0.29) is 0 Å². The maximum atomic E-state index is 5.25. The molecule has 0 unspecified atom stereocenters. The first-order chi connectivity index (χ1) is 4.43. The summed E-state index contributed by atoms with van der Waals surface area (Å²) in [6.07, 6.45) is 7.71. The average Bonchev–Trinajstić information content (AvgIpc) is 2.34. The molecule has 3 N–H and O–H groups in total. The summed E-state index contributed by atoms with van der Waals surface area (Å²) in [6.45, 7) is 0.602. The molecule has 0 fully saturated rings. The Kier molecular flexibility index (Phi) is 2.10. The minimum atomic E-state index is 0.602. The van der Waals surface area contributed by atoms with E-state index in [1.165, 1.54) is 5.56 Å². The van der Waals surface area contributed by atoms with Crippen LogP contribution in [0.25, 0.3) is 6.08 Å². The second-order valence-electron chi connectivity index (χ2n) is 1.78. The monoisotopic (exact) mass is 122 g/mol. The molecule has 0 radical (unpaired) electrons. The molecular weight excluding hydrogens is 112 g/mol. The van der Waals surface area contributed by atoms with Gasteiger partial charge in [0.05, 0.1) is 0 Å². The molecule has 0 aromatic carbocycles. The van der Waals surface area contributed by atoms with Gasteiger partial charge in [0.25, 0.3) is 0 Å². The van der Waals surface area contributed by atoms with E-state index in [1.54, 1.807) is 0 Å². The predicted octanol–water partition coefficient (Wildman–Crippen LogP) is 0.987. The second kappa shape index (κ2) is 3.10. The fourth-order valence-corrected chi connectivity index (χ4v) is 0.645. The van der Waals surface area contributed by atoms with Gasteiger partial charge in [0.1, 0.15) is 0 Å². The quantitative estimate of drug-likeness (QED) is 0.603. The third-order valence-corrected chi connectivity index (χ3v) is 1.07. The van der Waals surface area contributed by atoms with Crippen LogP contribution >= 0.6 is 0 Å². The van der Waals surface area contributed by atoms with Gasteiger partial charge in [-0.25, -0.2) is 0 Å². The SMILES string of the molecule is NCC=Cc1cc[nH]c1. The molecule has 0 saturated heterocycles. The van der Waals surface area contributed by atoms with Crippen molar-refractivity contribution in [3.05, 3.63) is 30.1 Å². The first-order valence-electron chi connectivity index (χ1n) is 2.93. The minimum absolute atomic E-state index is 0.602. The molecule has 0 spiro atoms. The van der Waals surface area contributed by atoms with Crippen LogP contribution in [-0.2, 0) is 0 Å². The largest absolute Gasteiger partial charge is 0.367 e. The number of aromatic amines is 1. The van der Waals surface area contributed by atoms with Gasteiger partial charge in [-0.15, -0.1) is 0 Å². The highest BCUT2D eigenvalue weighted by Gasteiger charge is 1.80. The van der Waals surface area contributed by atoms with Gasteiger partial charge in [-0.05, 0) is 11.6 Å². The zero-order valence-electron chi connectivity index (χ0n) is 5.17. The lowest BCUT2D eigenvalue weighted by Gasteiger charge is -1.79. The highest BCUT2D eigenvalue weighted by Crippen LogP contribution is 1.97. The Balaban J connectivity index is 2.57. The third-order valence-electron chi connectivity index (χ3n) is 1.07. The van der Waals surface area contributed by atoms with Gasteiger partial charge < -0.3 is 10.7 Å². The molecular formula is C7H10N2. The lowest BCUT2D eigenvalue weighted by Crippen LogP contribution is -1.91. The van der Waals surface area contributed by atoms with Crippen LogP contribution < -0.4 is 5.73 Å². The fourth-order valence-electron chi connectivity index (χ4n) is 0.645. The van der Waals surface area contributed by atoms with E-state index in [1.807, 2.05) is 30.6 Å². The van der Waals surface area contributed by atoms with Gasteiger partial charge in [-0.2, -0.15) is 0 Å². The lowest BCUT2D eigenvalue weighted by molar-refractivity contribution is 1.26. The third kappa shape index (κ3) is 1.74. The van der Waals surface area contributed by atoms with Crippen molar-refractivity contribution in [1.82, 2.24) is 4.98 Å². The average molecular weight is 122 g/mol. The van der Waals surface area contributed by atoms with Crippen molar-refractivity contribution < 1.29 is 0 Å². The van der Waals surface area contributed by atoms with Gasteiger partial charge in [-0.1, -0.05) is 12.2 Å². The summed E-state index contributed by atoms with van der Waals surface area (Å²) in [7, 11) is 0. The van der Waals surface area contributed by atoms with Gasteiger partial charge in [-0.3, -0.25) is 0 Å². The first kappa shape index (κ1) is 6.11. The summed E-state index contributed by atoms with van der Waals surface area (Å²) in [6, 6.07) is 1.99. The van der Waals surface area contributed by atoms with Crippen LogP contribution in [0.4, 0.5) is 0 Å². The Morgan fingerprint density at radius 3 is 3.11 bits per heavy atom. The Morgan fingerprint density at radius 2 is 2.56 bits per heavy atom. The van der Waals surface area contributed by atoms with Crippen molar-refractivity contribution in [3.8, 4) is 0 Å². The standard InChI is InChI=1S/C7H10N2/c8-4-1-2-7-3-5-9-6-7/h1-3,5-6,9H,4,8H2. The van der Waals surface area contributed by atoms with E-state index in [0.717, 1.165) is 0 Å². The predicted molar refractivity (Wildman–Crippen MR) is 38.9 cm³/mol. The van der Waals surface area contributed by atoms with E-state index < -0.39 is 0 Å². The number of hydrogen-bond donors (Lipinski definition) is 2. The summed E-state index contributed by atoms with van der Waals surface area (Å²) in [5.74, 6) is 0. The van der Waals surface area contributed by atoms with Crippen molar-refractivity contribution in [2.75, 3.05) is 6.54 Å². The summed E-state index contributed by atoms with van der Waals surface area (Å²) >= 11 is 0. The maximum absolute atomic E-state index is 5.25. The number of nitrogens with two attached hydrogens (primary N) is 1. The minimum Gasteiger partial charge on any atom is -0.367 e. The van der Waals surface area contributed by atoms with Gasteiger partial charge in [0.2, 0.25) is 0 Å². The topological polar surface area (TPSA) is 41.8 Å². The first-order valence-corrected chi connectivity index (χ1v) is 2.93. The smallest absolute Gasteiger partial charge is 0.0110 e. The Morgan fingerprint density at radius 1 is 1.67 bits per heavy atom. The molecule has 0 aliphatic rings. The van der Waals surface area contributed by atoms with E-state index in [9.17, 15) is 0 Å².